The van der Waals surface area contributed by atoms with Crippen molar-refractivity contribution in [2.24, 2.45) is 0 Å². The first-order valence-electron chi connectivity index (χ1n) is 19.6. The summed E-state index contributed by atoms with van der Waals surface area (Å²) in [6.45, 7) is 0. The van der Waals surface area contributed by atoms with Gasteiger partial charge in [-0.3, -0.25) is 8.97 Å². The molecule has 12 rings (SSSR count). The summed E-state index contributed by atoms with van der Waals surface area (Å²) in [7, 11) is 0. The van der Waals surface area contributed by atoms with Crippen LogP contribution in [0.5, 0.6) is 0 Å². The van der Waals surface area contributed by atoms with Crippen molar-refractivity contribution in [3.63, 3.8) is 0 Å². The van der Waals surface area contributed by atoms with Crippen LogP contribution in [0.2, 0.25) is 0 Å². The number of pyridine rings is 1. The Morgan fingerprint density at radius 3 is 1.47 bits per heavy atom. The Morgan fingerprint density at radius 2 is 0.828 bits per heavy atom. The van der Waals surface area contributed by atoms with E-state index in [0.717, 1.165) is 93.8 Å². The number of hydrogen-bond donors (Lipinski definition) is 0. The fourth-order valence-corrected chi connectivity index (χ4v) is 8.81. The normalized spacial score (nSPS) is 11.8. The minimum Gasteiger partial charge on any atom is -0.292 e. The predicted molar refractivity (Wildman–Crippen MR) is 239 cm³/mol. The van der Waals surface area contributed by atoms with Crippen molar-refractivity contribution in [1.82, 2.24) is 23.9 Å². The van der Waals surface area contributed by atoms with Gasteiger partial charge in [0.15, 0.2) is 0 Å². The van der Waals surface area contributed by atoms with Gasteiger partial charge < -0.3 is 0 Å². The largest absolute Gasteiger partial charge is 0.292 e. The molecule has 12 aromatic rings. The SMILES string of the molecule is c1ccc(-c2ccc(-c3cc(-c4ccc(-c5ccccc5)cc4)nc(-n4c5ccccc5c5ccc6c(c7ccccc7c7nc8ccccc8n67)c54)n3)cc2)cc1. The lowest BCUT2D eigenvalue weighted by Gasteiger charge is -2.15. The molecule has 0 bridgehead atoms. The van der Waals surface area contributed by atoms with Gasteiger partial charge in [-0.1, -0.05) is 170 Å². The summed E-state index contributed by atoms with van der Waals surface area (Å²) in [4.78, 5) is 16.1. The number of imidazole rings is 1. The lowest BCUT2D eigenvalue weighted by Crippen LogP contribution is -2.05. The molecule has 0 spiro atoms. The van der Waals surface area contributed by atoms with Crippen LogP contribution in [0.1, 0.15) is 0 Å². The quantitative estimate of drug-likeness (QED) is 0.165. The van der Waals surface area contributed by atoms with Crippen LogP contribution in [0.3, 0.4) is 0 Å². The summed E-state index contributed by atoms with van der Waals surface area (Å²) < 4.78 is 4.60. The van der Waals surface area contributed by atoms with Gasteiger partial charge in [-0.25, -0.2) is 15.0 Å². The van der Waals surface area contributed by atoms with E-state index in [4.69, 9.17) is 15.0 Å². The van der Waals surface area contributed by atoms with Crippen molar-refractivity contribution in [1.29, 1.82) is 0 Å². The van der Waals surface area contributed by atoms with Crippen molar-refractivity contribution in [2.45, 2.75) is 0 Å². The monoisotopic (exact) mass is 739 g/mol. The second-order valence-electron chi connectivity index (χ2n) is 14.8. The Balaban J connectivity index is 1.16. The molecule has 5 nitrogen and oxygen atoms in total. The van der Waals surface area contributed by atoms with E-state index in [-0.39, 0.29) is 0 Å². The highest BCUT2D eigenvalue weighted by Gasteiger charge is 2.22. The third-order valence-electron chi connectivity index (χ3n) is 11.5. The highest BCUT2D eigenvalue weighted by molar-refractivity contribution is 6.27. The molecule has 0 atom stereocenters. The van der Waals surface area contributed by atoms with Gasteiger partial charge in [0.1, 0.15) is 5.65 Å². The van der Waals surface area contributed by atoms with Crippen LogP contribution >= 0.6 is 0 Å². The van der Waals surface area contributed by atoms with Crippen LogP contribution in [0.25, 0.3) is 111 Å². The Bertz CT molecular complexity index is 3430. The first kappa shape index (κ1) is 32.4. The minimum absolute atomic E-state index is 0.616. The maximum atomic E-state index is 5.46. The lowest BCUT2D eigenvalue weighted by molar-refractivity contribution is 0.998. The number of para-hydroxylation sites is 3. The first-order valence-corrected chi connectivity index (χ1v) is 19.6. The minimum atomic E-state index is 0.616. The molecule has 0 aliphatic heterocycles. The number of rotatable bonds is 5. The zero-order valence-corrected chi connectivity index (χ0v) is 31.3. The third-order valence-corrected chi connectivity index (χ3v) is 11.5. The predicted octanol–water partition coefficient (Wildman–Crippen LogP) is 13.3. The zero-order chi connectivity index (χ0) is 38.2. The van der Waals surface area contributed by atoms with Crippen LogP contribution in [0.4, 0.5) is 0 Å². The molecule has 0 amide bonds. The zero-order valence-electron chi connectivity index (χ0n) is 31.3. The molecule has 0 saturated heterocycles. The van der Waals surface area contributed by atoms with Crippen LogP contribution in [-0.4, -0.2) is 23.9 Å². The summed E-state index contributed by atoms with van der Waals surface area (Å²) in [5.74, 6) is 0.616. The number of fused-ring (bicyclic) bond motifs is 12. The van der Waals surface area contributed by atoms with E-state index in [2.05, 4.69) is 209 Å². The van der Waals surface area contributed by atoms with Crippen LogP contribution in [0.15, 0.2) is 200 Å². The Morgan fingerprint density at radius 1 is 0.328 bits per heavy atom. The van der Waals surface area contributed by atoms with Crippen molar-refractivity contribution >= 4 is 60.2 Å². The van der Waals surface area contributed by atoms with E-state index >= 15 is 0 Å². The lowest BCUT2D eigenvalue weighted by atomic mass is 10.0. The van der Waals surface area contributed by atoms with Gasteiger partial charge in [-0.2, -0.15) is 0 Å². The molecule has 4 aromatic heterocycles. The number of nitrogens with zero attached hydrogens (tertiary/aromatic N) is 5. The molecule has 270 valence electrons. The third kappa shape index (κ3) is 5.00. The van der Waals surface area contributed by atoms with E-state index < -0.39 is 0 Å². The second-order valence-corrected chi connectivity index (χ2v) is 14.8. The van der Waals surface area contributed by atoms with E-state index in [1.54, 1.807) is 0 Å². The first-order chi connectivity index (χ1) is 28.8. The average Bonchev–Trinajstić information content (AvgIpc) is 3.86. The van der Waals surface area contributed by atoms with E-state index in [9.17, 15) is 0 Å². The van der Waals surface area contributed by atoms with Gasteiger partial charge >= 0.3 is 0 Å². The van der Waals surface area contributed by atoms with Crippen molar-refractivity contribution < 1.29 is 0 Å². The van der Waals surface area contributed by atoms with Crippen molar-refractivity contribution in [3.8, 4) is 50.7 Å². The molecule has 5 heteroatoms. The fraction of sp³-hybridized carbons (Fsp3) is 0. The molecule has 8 aromatic carbocycles. The van der Waals surface area contributed by atoms with Gasteiger partial charge in [0.05, 0.1) is 39.0 Å². The van der Waals surface area contributed by atoms with Gasteiger partial charge in [-0.15, -0.1) is 0 Å². The molecule has 0 N–H and O–H groups in total. The molecular weight excluding hydrogens is 707 g/mol. The Hall–Kier alpha value is -7.89. The maximum absolute atomic E-state index is 5.46. The summed E-state index contributed by atoms with van der Waals surface area (Å²) in [5, 5.41) is 5.67. The van der Waals surface area contributed by atoms with Gasteiger partial charge in [-0.05, 0) is 58.0 Å². The average molecular weight is 740 g/mol. The number of hydrogen-bond acceptors (Lipinski definition) is 3. The molecule has 0 fully saturated rings. The smallest absolute Gasteiger partial charge is 0.235 e. The van der Waals surface area contributed by atoms with E-state index in [0.29, 0.717) is 5.95 Å². The van der Waals surface area contributed by atoms with Gasteiger partial charge in [0.25, 0.3) is 0 Å². The molecule has 0 unspecified atom stereocenters. The molecule has 58 heavy (non-hydrogen) atoms. The highest BCUT2D eigenvalue weighted by atomic mass is 15.2. The van der Waals surface area contributed by atoms with Gasteiger partial charge in [0, 0.05) is 32.7 Å². The number of benzene rings is 8. The molecule has 0 aliphatic rings. The summed E-state index contributed by atoms with van der Waals surface area (Å²) in [5.41, 5.74) is 14.6. The van der Waals surface area contributed by atoms with Crippen molar-refractivity contribution in [2.75, 3.05) is 0 Å². The van der Waals surface area contributed by atoms with Gasteiger partial charge in [0.2, 0.25) is 5.95 Å². The molecular formula is C53H33N5. The maximum Gasteiger partial charge on any atom is 0.235 e. The molecule has 0 saturated carbocycles. The Labute approximate surface area is 333 Å². The van der Waals surface area contributed by atoms with E-state index in [1.807, 2.05) is 0 Å². The number of aromatic nitrogens is 5. The van der Waals surface area contributed by atoms with E-state index in [1.165, 1.54) is 11.1 Å². The molecule has 4 heterocycles. The second kappa shape index (κ2) is 12.8. The summed E-state index contributed by atoms with van der Waals surface area (Å²) in [6, 6.07) is 70.7. The molecule has 0 aliphatic carbocycles. The summed E-state index contributed by atoms with van der Waals surface area (Å²) >= 11 is 0. The standard InChI is InChI=1S/C53H33N5/c1-3-13-34(14-4-1)36-23-27-38(28-24-36)45-33-46(39-29-25-37(26-30-39)35-15-5-2-6-16-35)56-53(55-45)58-47-21-11-9-17-40(47)42-31-32-49-50(51(42)58)41-18-7-8-19-43(41)52-54-44-20-10-12-22-48(44)57(49)52/h1-33H. The Kier molecular flexibility index (Phi) is 7.16. The topological polar surface area (TPSA) is 48.0 Å². The fourth-order valence-electron chi connectivity index (χ4n) is 8.81. The van der Waals surface area contributed by atoms with Crippen LogP contribution < -0.4 is 0 Å². The van der Waals surface area contributed by atoms with Crippen LogP contribution in [0, 0.1) is 0 Å². The van der Waals surface area contributed by atoms with Crippen LogP contribution in [-0.2, 0) is 0 Å². The highest BCUT2D eigenvalue weighted by Crippen LogP contribution is 2.41. The molecule has 0 radical (unpaired) electrons. The summed E-state index contributed by atoms with van der Waals surface area (Å²) in [6.07, 6.45) is 0. The van der Waals surface area contributed by atoms with Crippen molar-refractivity contribution in [3.05, 3.63) is 200 Å².